The molecule has 1 atom stereocenters. The number of nitrogens with zero attached hydrogens (tertiary/aromatic N) is 2. The van der Waals surface area contributed by atoms with Gasteiger partial charge in [0.25, 0.3) is 0 Å². The highest BCUT2D eigenvalue weighted by Crippen LogP contribution is 2.15. The van der Waals surface area contributed by atoms with Crippen molar-refractivity contribution in [3.63, 3.8) is 0 Å². The molecule has 0 amide bonds. The van der Waals surface area contributed by atoms with Crippen LogP contribution < -0.4 is 10.6 Å². The molecule has 6 heteroatoms. The predicted molar refractivity (Wildman–Crippen MR) is 123 cm³/mol. The topological polar surface area (TPSA) is 58.5 Å². The Morgan fingerprint density at radius 1 is 1.11 bits per heavy atom. The minimum absolute atomic E-state index is 0. The van der Waals surface area contributed by atoms with Crippen LogP contribution >= 0.6 is 24.0 Å². The molecule has 0 spiro atoms. The van der Waals surface area contributed by atoms with E-state index in [1.165, 1.54) is 5.56 Å². The fraction of sp³-hybridized carbons (Fsp3) is 0.429. The molecule has 0 fully saturated rings. The number of nitrogens with one attached hydrogen (secondary N) is 2. The summed E-state index contributed by atoms with van der Waals surface area (Å²) < 4.78 is 5.89. The molecule has 2 rings (SSSR count). The van der Waals surface area contributed by atoms with E-state index in [0.717, 1.165) is 44.1 Å². The third kappa shape index (κ3) is 9.72. The fourth-order valence-electron chi connectivity index (χ4n) is 2.53. The van der Waals surface area contributed by atoms with Crippen molar-refractivity contribution in [2.24, 2.45) is 4.99 Å². The summed E-state index contributed by atoms with van der Waals surface area (Å²) >= 11 is 0. The van der Waals surface area contributed by atoms with E-state index in [-0.39, 0.29) is 30.1 Å². The van der Waals surface area contributed by atoms with Gasteiger partial charge in [0.15, 0.2) is 5.96 Å². The number of halogens is 1. The second-order valence-electron chi connectivity index (χ2n) is 6.04. The zero-order valence-corrected chi connectivity index (χ0v) is 18.6. The molecule has 0 saturated heterocycles. The van der Waals surface area contributed by atoms with Crippen LogP contribution in [-0.2, 0) is 11.2 Å². The number of ether oxygens (including phenoxy) is 1. The number of aliphatic imine (C=N–C) groups is 1. The number of hydrogen-bond acceptors (Lipinski definition) is 3. The number of guanidine groups is 1. The third-order valence-electron chi connectivity index (χ3n) is 3.95. The summed E-state index contributed by atoms with van der Waals surface area (Å²) in [4.78, 5) is 8.94. The Morgan fingerprint density at radius 3 is 2.59 bits per heavy atom. The largest absolute Gasteiger partial charge is 0.374 e. The van der Waals surface area contributed by atoms with Gasteiger partial charge >= 0.3 is 0 Å². The lowest BCUT2D eigenvalue weighted by atomic mass is 10.1. The average molecular weight is 482 g/mol. The summed E-state index contributed by atoms with van der Waals surface area (Å²) in [7, 11) is 0. The Balaban J connectivity index is 0.00000364. The molecule has 1 unspecified atom stereocenters. The Bertz CT molecular complexity index is 637. The van der Waals surface area contributed by atoms with Crippen molar-refractivity contribution in [3.05, 3.63) is 66.0 Å². The van der Waals surface area contributed by atoms with Gasteiger partial charge in [0.1, 0.15) is 0 Å². The summed E-state index contributed by atoms with van der Waals surface area (Å²) in [6.07, 6.45) is 3.71. The molecule has 0 aliphatic rings. The lowest BCUT2D eigenvalue weighted by molar-refractivity contribution is 0.0652. The number of rotatable bonds is 10. The Hall–Kier alpha value is -1.67. The van der Waals surface area contributed by atoms with Gasteiger partial charge in [0.05, 0.1) is 6.10 Å². The Labute approximate surface area is 180 Å². The van der Waals surface area contributed by atoms with Crippen LogP contribution in [0.3, 0.4) is 0 Å². The smallest absolute Gasteiger partial charge is 0.191 e. The van der Waals surface area contributed by atoms with Gasteiger partial charge in [-0.3, -0.25) is 9.98 Å². The molecular weight excluding hydrogens is 451 g/mol. The van der Waals surface area contributed by atoms with Crippen molar-refractivity contribution >= 4 is 29.9 Å². The van der Waals surface area contributed by atoms with Crippen LogP contribution in [0.2, 0.25) is 0 Å². The molecule has 0 radical (unpaired) electrons. The van der Waals surface area contributed by atoms with Crippen molar-refractivity contribution < 1.29 is 4.74 Å². The van der Waals surface area contributed by atoms with Gasteiger partial charge in [-0.1, -0.05) is 36.4 Å². The number of benzene rings is 1. The normalized spacial score (nSPS) is 12.1. The third-order valence-corrected chi connectivity index (χ3v) is 3.95. The van der Waals surface area contributed by atoms with Crippen molar-refractivity contribution in [2.75, 3.05) is 26.2 Å². The quantitative estimate of drug-likeness (QED) is 0.233. The van der Waals surface area contributed by atoms with Crippen LogP contribution in [0.5, 0.6) is 0 Å². The molecule has 2 N–H and O–H groups in total. The number of aromatic nitrogens is 1. The molecule has 1 aromatic carbocycles. The molecule has 27 heavy (non-hydrogen) atoms. The Kier molecular flexibility index (Phi) is 12.5. The van der Waals surface area contributed by atoms with Crippen LogP contribution in [0.15, 0.2) is 59.7 Å². The Morgan fingerprint density at radius 2 is 1.89 bits per heavy atom. The first-order valence-electron chi connectivity index (χ1n) is 9.38. The number of hydrogen-bond donors (Lipinski definition) is 2. The van der Waals surface area contributed by atoms with E-state index in [2.05, 4.69) is 46.6 Å². The van der Waals surface area contributed by atoms with E-state index in [1.807, 2.05) is 42.6 Å². The SMILES string of the molecule is CCNC(=NCCCOC(C)c1ccccc1)NCCc1ccccn1.I. The molecule has 1 heterocycles. The van der Waals surface area contributed by atoms with Gasteiger partial charge < -0.3 is 15.4 Å². The summed E-state index contributed by atoms with van der Waals surface area (Å²) in [6, 6.07) is 16.3. The van der Waals surface area contributed by atoms with Crippen LogP contribution in [-0.4, -0.2) is 37.2 Å². The molecule has 0 bridgehead atoms. The highest BCUT2D eigenvalue weighted by Gasteiger charge is 2.04. The summed E-state index contributed by atoms with van der Waals surface area (Å²) in [5.41, 5.74) is 2.29. The summed E-state index contributed by atoms with van der Waals surface area (Å²) in [5.74, 6) is 0.847. The van der Waals surface area contributed by atoms with E-state index >= 15 is 0 Å². The van der Waals surface area contributed by atoms with E-state index < -0.39 is 0 Å². The van der Waals surface area contributed by atoms with E-state index in [0.29, 0.717) is 6.61 Å². The minimum atomic E-state index is 0. The average Bonchev–Trinajstić information content (AvgIpc) is 2.69. The van der Waals surface area contributed by atoms with Crippen molar-refractivity contribution in [3.8, 4) is 0 Å². The first-order chi connectivity index (χ1) is 12.8. The monoisotopic (exact) mass is 482 g/mol. The van der Waals surface area contributed by atoms with E-state index in [4.69, 9.17) is 4.74 Å². The molecular formula is C21H31IN4O. The van der Waals surface area contributed by atoms with Gasteiger partial charge in [0.2, 0.25) is 0 Å². The zero-order valence-electron chi connectivity index (χ0n) is 16.2. The van der Waals surface area contributed by atoms with Gasteiger partial charge in [-0.05, 0) is 38.0 Å². The van der Waals surface area contributed by atoms with Crippen LogP contribution in [0.25, 0.3) is 0 Å². The minimum Gasteiger partial charge on any atom is -0.374 e. The van der Waals surface area contributed by atoms with Crippen molar-refractivity contribution in [1.82, 2.24) is 15.6 Å². The first-order valence-corrected chi connectivity index (χ1v) is 9.38. The van der Waals surface area contributed by atoms with Crippen molar-refractivity contribution in [2.45, 2.75) is 32.8 Å². The lowest BCUT2D eigenvalue weighted by Gasteiger charge is -2.13. The number of pyridine rings is 1. The highest BCUT2D eigenvalue weighted by atomic mass is 127. The molecule has 148 valence electrons. The van der Waals surface area contributed by atoms with Crippen LogP contribution in [0.4, 0.5) is 0 Å². The van der Waals surface area contributed by atoms with Gasteiger partial charge in [-0.15, -0.1) is 24.0 Å². The zero-order chi connectivity index (χ0) is 18.5. The van der Waals surface area contributed by atoms with Gasteiger partial charge in [-0.25, -0.2) is 0 Å². The van der Waals surface area contributed by atoms with Crippen LogP contribution in [0.1, 0.15) is 37.6 Å². The summed E-state index contributed by atoms with van der Waals surface area (Å²) in [6.45, 7) is 7.25. The maximum atomic E-state index is 5.89. The molecule has 0 aliphatic heterocycles. The highest BCUT2D eigenvalue weighted by molar-refractivity contribution is 14.0. The summed E-state index contributed by atoms with van der Waals surface area (Å²) in [5, 5.41) is 6.62. The second-order valence-corrected chi connectivity index (χ2v) is 6.04. The molecule has 1 aromatic heterocycles. The molecule has 2 aromatic rings. The fourth-order valence-corrected chi connectivity index (χ4v) is 2.53. The van der Waals surface area contributed by atoms with Gasteiger partial charge in [0, 0.05) is 44.6 Å². The maximum Gasteiger partial charge on any atom is 0.191 e. The maximum absolute atomic E-state index is 5.89. The van der Waals surface area contributed by atoms with Crippen LogP contribution in [0, 0.1) is 0 Å². The predicted octanol–water partition coefficient (Wildman–Crippen LogP) is 3.97. The van der Waals surface area contributed by atoms with E-state index in [9.17, 15) is 0 Å². The van der Waals surface area contributed by atoms with E-state index in [1.54, 1.807) is 0 Å². The second kappa shape index (κ2) is 14.4. The molecule has 5 nitrogen and oxygen atoms in total. The lowest BCUT2D eigenvalue weighted by Crippen LogP contribution is -2.38. The van der Waals surface area contributed by atoms with Gasteiger partial charge in [-0.2, -0.15) is 0 Å². The van der Waals surface area contributed by atoms with Crippen molar-refractivity contribution in [1.29, 1.82) is 0 Å². The standard InChI is InChI=1S/C21H30N4O.HI/c1-3-22-21(25-16-13-20-12-7-8-14-23-20)24-15-9-17-26-18(2)19-10-5-4-6-11-19;/h4-8,10-12,14,18H,3,9,13,15-17H2,1-2H3,(H2,22,24,25);1H. The molecule has 0 saturated carbocycles. The first kappa shape index (κ1) is 23.4. The molecule has 0 aliphatic carbocycles.